The lowest BCUT2D eigenvalue weighted by atomic mass is 9.99. The molecule has 0 saturated carbocycles. The predicted molar refractivity (Wildman–Crippen MR) is 89.9 cm³/mol. The van der Waals surface area contributed by atoms with E-state index in [-0.39, 0.29) is 7.21 Å². The Morgan fingerprint density at radius 2 is 1.86 bits per heavy atom. The van der Waals surface area contributed by atoms with Gasteiger partial charge < -0.3 is 10.1 Å². The summed E-state index contributed by atoms with van der Waals surface area (Å²) in [5.74, 6) is -0.165. The first-order chi connectivity index (χ1) is 10.2. The first-order valence-electron chi connectivity index (χ1n) is 7.42. The number of carbonyl (C=O) groups excluding carboxylic acids is 2. The smallest absolute Gasteiger partial charge is 0.408 e. The summed E-state index contributed by atoms with van der Waals surface area (Å²) in [5, 5.41) is 2.65. The summed E-state index contributed by atoms with van der Waals surface area (Å²) in [7, 11) is 0. The summed E-state index contributed by atoms with van der Waals surface area (Å²) >= 11 is 0. The maximum Gasteiger partial charge on any atom is 0.408 e. The SMILES string of the molecule is C=C(C)C(=O)C(CCc1ccccc1)NC(=O)OC(C)(C)C.[HH]. The number of Topliss-reactive ketones (excluding diaryl/α,β-unsaturated/α-hetero) is 1. The largest absolute Gasteiger partial charge is 0.444 e. The lowest BCUT2D eigenvalue weighted by molar-refractivity contribution is -0.117. The number of ether oxygens (including phenoxy) is 1. The first-order valence-corrected chi connectivity index (χ1v) is 7.42. The van der Waals surface area contributed by atoms with Crippen molar-refractivity contribution < 1.29 is 15.8 Å². The Kier molecular flexibility index (Phi) is 6.35. The van der Waals surface area contributed by atoms with Gasteiger partial charge in [-0.1, -0.05) is 36.9 Å². The number of nitrogens with one attached hydrogen (secondary N) is 1. The summed E-state index contributed by atoms with van der Waals surface area (Å²) in [6.45, 7) is 10.7. The molecule has 4 nitrogen and oxygen atoms in total. The lowest BCUT2D eigenvalue weighted by Gasteiger charge is -2.23. The third-order valence-corrected chi connectivity index (χ3v) is 2.99. The number of carbonyl (C=O) groups is 2. The summed E-state index contributed by atoms with van der Waals surface area (Å²) in [5.41, 5.74) is 0.947. The molecule has 0 fully saturated rings. The number of alkyl carbamates (subject to hydrolysis) is 1. The number of amides is 1. The lowest BCUT2D eigenvalue weighted by Crippen LogP contribution is -2.44. The third-order valence-electron chi connectivity index (χ3n) is 2.99. The van der Waals surface area contributed by atoms with Crippen LogP contribution in [-0.4, -0.2) is 23.5 Å². The van der Waals surface area contributed by atoms with Gasteiger partial charge in [-0.3, -0.25) is 4.79 Å². The molecule has 1 aromatic rings. The topological polar surface area (TPSA) is 55.4 Å². The van der Waals surface area contributed by atoms with E-state index in [1.54, 1.807) is 27.7 Å². The zero-order valence-corrected chi connectivity index (χ0v) is 13.8. The monoisotopic (exact) mass is 305 g/mol. The van der Waals surface area contributed by atoms with Crippen molar-refractivity contribution in [2.45, 2.75) is 52.2 Å². The van der Waals surface area contributed by atoms with Crippen LogP contribution in [0.5, 0.6) is 0 Å². The predicted octanol–water partition coefficient (Wildman–Crippen LogP) is 3.90. The molecule has 1 rings (SSSR count). The maximum atomic E-state index is 12.2. The standard InChI is InChI=1S/C18H25NO3.H2/c1-13(2)16(20)15(19-17(21)22-18(3,4)5)12-11-14-9-7-6-8-10-14;/h6-10,15H,1,11-12H2,2-5H3,(H,19,21);1H. The van der Waals surface area contributed by atoms with Crippen LogP contribution >= 0.6 is 0 Å². The number of hydrogen-bond donors (Lipinski definition) is 1. The molecule has 0 radical (unpaired) electrons. The second-order valence-electron chi connectivity index (χ2n) is 6.37. The molecule has 0 aliphatic carbocycles. The molecule has 0 bridgehead atoms. The van der Waals surface area contributed by atoms with Gasteiger partial charge in [0.15, 0.2) is 5.78 Å². The average molecular weight is 305 g/mol. The minimum Gasteiger partial charge on any atom is -0.444 e. The second-order valence-corrected chi connectivity index (χ2v) is 6.37. The van der Waals surface area contributed by atoms with Gasteiger partial charge in [0.25, 0.3) is 0 Å². The Labute approximate surface area is 134 Å². The molecule has 0 spiro atoms. The Morgan fingerprint density at radius 3 is 2.36 bits per heavy atom. The normalized spacial score (nSPS) is 12.4. The fraction of sp³-hybridized carbons (Fsp3) is 0.444. The third kappa shape index (κ3) is 6.57. The highest BCUT2D eigenvalue weighted by Gasteiger charge is 2.24. The number of ketones is 1. The van der Waals surface area contributed by atoms with Crippen LogP contribution in [0, 0.1) is 0 Å². The molecule has 0 aliphatic rings. The van der Waals surface area contributed by atoms with Crippen LogP contribution in [0.2, 0.25) is 0 Å². The summed E-state index contributed by atoms with van der Waals surface area (Å²) < 4.78 is 5.22. The van der Waals surface area contributed by atoms with E-state index in [9.17, 15) is 9.59 Å². The number of benzene rings is 1. The van der Waals surface area contributed by atoms with Crippen LogP contribution in [0.1, 0.15) is 41.1 Å². The van der Waals surface area contributed by atoms with E-state index >= 15 is 0 Å². The van der Waals surface area contributed by atoms with Crippen LogP contribution in [0.3, 0.4) is 0 Å². The van der Waals surface area contributed by atoms with Crippen molar-refractivity contribution in [2.75, 3.05) is 0 Å². The zero-order valence-electron chi connectivity index (χ0n) is 13.8. The van der Waals surface area contributed by atoms with Gasteiger partial charge in [0.05, 0.1) is 6.04 Å². The molecule has 1 aromatic carbocycles. The van der Waals surface area contributed by atoms with Crippen molar-refractivity contribution in [3.05, 3.63) is 48.0 Å². The van der Waals surface area contributed by atoms with Crippen LogP contribution in [-0.2, 0) is 16.0 Å². The van der Waals surface area contributed by atoms with E-state index < -0.39 is 17.7 Å². The van der Waals surface area contributed by atoms with Gasteiger partial charge in [-0.15, -0.1) is 0 Å². The molecule has 22 heavy (non-hydrogen) atoms. The number of hydrogen-bond acceptors (Lipinski definition) is 3. The first kappa shape index (κ1) is 18.0. The van der Waals surface area contributed by atoms with Gasteiger partial charge in [-0.05, 0) is 51.7 Å². The Bertz CT molecular complexity index is 535. The van der Waals surface area contributed by atoms with Gasteiger partial charge in [-0.25, -0.2) is 4.79 Å². The quantitative estimate of drug-likeness (QED) is 0.811. The van der Waals surface area contributed by atoms with Gasteiger partial charge in [-0.2, -0.15) is 0 Å². The van der Waals surface area contributed by atoms with Crippen LogP contribution in [0.25, 0.3) is 0 Å². The second kappa shape index (κ2) is 7.78. The van der Waals surface area contributed by atoms with Gasteiger partial charge in [0.2, 0.25) is 0 Å². The molecule has 1 unspecified atom stereocenters. The number of aryl methyl sites for hydroxylation is 1. The summed E-state index contributed by atoms with van der Waals surface area (Å²) in [4.78, 5) is 24.1. The molecular weight excluding hydrogens is 278 g/mol. The van der Waals surface area contributed by atoms with E-state index in [0.717, 1.165) is 5.56 Å². The summed E-state index contributed by atoms with van der Waals surface area (Å²) in [6, 6.07) is 9.22. The van der Waals surface area contributed by atoms with Gasteiger partial charge in [0, 0.05) is 1.43 Å². The molecule has 0 heterocycles. The van der Waals surface area contributed by atoms with E-state index in [4.69, 9.17) is 4.74 Å². The highest BCUT2D eigenvalue weighted by Crippen LogP contribution is 2.11. The zero-order chi connectivity index (χ0) is 16.8. The van der Waals surface area contributed by atoms with Crippen molar-refractivity contribution in [3.63, 3.8) is 0 Å². The van der Waals surface area contributed by atoms with E-state index in [0.29, 0.717) is 18.4 Å². The fourth-order valence-corrected chi connectivity index (χ4v) is 1.97. The van der Waals surface area contributed by atoms with Crippen molar-refractivity contribution in [3.8, 4) is 0 Å². The minimum atomic E-state index is -0.618. The minimum absolute atomic E-state index is 0. The molecule has 4 heteroatoms. The molecule has 1 N–H and O–H groups in total. The van der Waals surface area contributed by atoms with Gasteiger partial charge >= 0.3 is 6.09 Å². The van der Waals surface area contributed by atoms with Gasteiger partial charge in [0.1, 0.15) is 5.60 Å². The van der Waals surface area contributed by atoms with Crippen molar-refractivity contribution >= 4 is 11.9 Å². The van der Waals surface area contributed by atoms with Crippen LogP contribution in [0.4, 0.5) is 4.79 Å². The average Bonchev–Trinajstić information content (AvgIpc) is 2.41. The molecule has 1 amide bonds. The molecule has 0 aromatic heterocycles. The molecule has 0 aliphatic heterocycles. The Hall–Kier alpha value is -2.10. The van der Waals surface area contributed by atoms with E-state index in [1.165, 1.54) is 0 Å². The highest BCUT2D eigenvalue weighted by molar-refractivity contribution is 5.99. The van der Waals surface area contributed by atoms with E-state index in [2.05, 4.69) is 11.9 Å². The van der Waals surface area contributed by atoms with Crippen molar-refractivity contribution in [1.29, 1.82) is 0 Å². The fourth-order valence-electron chi connectivity index (χ4n) is 1.97. The molecule has 122 valence electrons. The van der Waals surface area contributed by atoms with E-state index in [1.807, 2.05) is 30.3 Å². The van der Waals surface area contributed by atoms with Crippen LogP contribution in [0.15, 0.2) is 42.5 Å². The Balaban J connectivity index is 0.00000484. The number of rotatable bonds is 6. The Morgan fingerprint density at radius 1 is 1.27 bits per heavy atom. The van der Waals surface area contributed by atoms with Crippen molar-refractivity contribution in [2.24, 2.45) is 0 Å². The van der Waals surface area contributed by atoms with Crippen LogP contribution < -0.4 is 5.32 Å². The maximum absolute atomic E-state index is 12.2. The molecule has 1 atom stereocenters. The highest BCUT2D eigenvalue weighted by atomic mass is 16.6. The molecular formula is C18H27NO3. The summed E-state index contributed by atoms with van der Waals surface area (Å²) in [6.07, 6.45) is 0.620. The molecule has 0 saturated heterocycles. The van der Waals surface area contributed by atoms with Crippen molar-refractivity contribution in [1.82, 2.24) is 5.32 Å².